The Kier molecular flexibility index (Phi) is 3.10. The maximum Gasteiger partial charge on any atom is 0.0624 e. The third kappa shape index (κ3) is 2.40. The molecule has 0 aliphatic heterocycles. The largest absolute Gasteiger partial charge is 0.328 e. The van der Waals surface area contributed by atoms with Crippen LogP contribution >= 0.6 is 0 Å². The summed E-state index contributed by atoms with van der Waals surface area (Å²) in [6.45, 7) is 2.15. The highest BCUT2D eigenvalue weighted by Crippen LogP contribution is 2.27. The molecule has 0 saturated heterocycles. The second kappa shape index (κ2) is 4.35. The molecule has 1 aliphatic rings. The van der Waals surface area contributed by atoms with Gasteiger partial charge in [-0.3, -0.25) is 4.68 Å². The van der Waals surface area contributed by atoms with E-state index in [0.717, 1.165) is 18.8 Å². The van der Waals surface area contributed by atoms with E-state index < -0.39 is 0 Å². The number of aromatic nitrogens is 2. The van der Waals surface area contributed by atoms with Crippen LogP contribution in [-0.2, 0) is 19.9 Å². The lowest BCUT2D eigenvalue weighted by Crippen LogP contribution is -2.15. The molecule has 2 rings (SSSR count). The van der Waals surface area contributed by atoms with Crippen molar-refractivity contribution in [2.45, 2.75) is 45.1 Å². The SMILES string of the molecule is CCc1cc(CC2CCC(N)C2)n(C)n1. The summed E-state index contributed by atoms with van der Waals surface area (Å²) in [6, 6.07) is 2.68. The van der Waals surface area contributed by atoms with Crippen molar-refractivity contribution in [2.75, 3.05) is 0 Å². The van der Waals surface area contributed by atoms with Crippen molar-refractivity contribution < 1.29 is 0 Å². The maximum absolute atomic E-state index is 5.93. The molecule has 1 saturated carbocycles. The monoisotopic (exact) mass is 207 g/mol. The van der Waals surface area contributed by atoms with Crippen molar-refractivity contribution in [2.24, 2.45) is 18.7 Å². The molecule has 1 aliphatic carbocycles. The molecule has 2 unspecified atom stereocenters. The summed E-state index contributed by atoms with van der Waals surface area (Å²) >= 11 is 0. The zero-order valence-corrected chi connectivity index (χ0v) is 9.74. The number of hydrogen-bond donors (Lipinski definition) is 1. The van der Waals surface area contributed by atoms with Crippen LogP contribution in [0.15, 0.2) is 6.07 Å². The molecule has 0 amide bonds. The van der Waals surface area contributed by atoms with E-state index in [9.17, 15) is 0 Å². The van der Waals surface area contributed by atoms with Gasteiger partial charge in [-0.25, -0.2) is 0 Å². The lowest BCUT2D eigenvalue weighted by Gasteiger charge is -2.08. The number of aryl methyl sites for hydroxylation is 2. The first-order chi connectivity index (χ1) is 7.19. The summed E-state index contributed by atoms with van der Waals surface area (Å²) in [5.41, 5.74) is 8.50. The van der Waals surface area contributed by atoms with E-state index in [0.29, 0.717) is 6.04 Å². The van der Waals surface area contributed by atoms with Gasteiger partial charge < -0.3 is 5.73 Å². The summed E-state index contributed by atoms with van der Waals surface area (Å²) in [4.78, 5) is 0. The minimum atomic E-state index is 0.439. The minimum Gasteiger partial charge on any atom is -0.328 e. The van der Waals surface area contributed by atoms with Crippen LogP contribution in [-0.4, -0.2) is 15.8 Å². The number of rotatable bonds is 3. The molecule has 1 aromatic heterocycles. The average Bonchev–Trinajstić information content (AvgIpc) is 2.75. The summed E-state index contributed by atoms with van der Waals surface area (Å²) in [5.74, 6) is 0.778. The highest BCUT2D eigenvalue weighted by atomic mass is 15.3. The predicted molar refractivity (Wildman–Crippen MR) is 61.6 cm³/mol. The molecular formula is C12H21N3. The fourth-order valence-corrected chi connectivity index (χ4v) is 2.53. The van der Waals surface area contributed by atoms with Gasteiger partial charge in [-0.05, 0) is 44.1 Å². The maximum atomic E-state index is 5.93. The molecule has 84 valence electrons. The van der Waals surface area contributed by atoms with E-state index in [1.807, 2.05) is 11.7 Å². The smallest absolute Gasteiger partial charge is 0.0624 e. The van der Waals surface area contributed by atoms with Crippen molar-refractivity contribution in [3.8, 4) is 0 Å². The van der Waals surface area contributed by atoms with Crippen molar-refractivity contribution in [3.63, 3.8) is 0 Å². The Morgan fingerprint density at radius 1 is 1.53 bits per heavy atom. The van der Waals surface area contributed by atoms with Gasteiger partial charge in [-0.15, -0.1) is 0 Å². The third-order valence-corrected chi connectivity index (χ3v) is 3.47. The summed E-state index contributed by atoms with van der Waals surface area (Å²) in [5, 5.41) is 4.48. The molecule has 3 heteroatoms. The van der Waals surface area contributed by atoms with Gasteiger partial charge in [-0.2, -0.15) is 5.10 Å². The Hall–Kier alpha value is -0.830. The Morgan fingerprint density at radius 3 is 2.87 bits per heavy atom. The van der Waals surface area contributed by atoms with E-state index in [1.54, 1.807) is 0 Å². The molecule has 1 aromatic rings. The topological polar surface area (TPSA) is 43.8 Å². The van der Waals surface area contributed by atoms with Crippen LogP contribution in [0.1, 0.15) is 37.6 Å². The Bertz CT molecular complexity index is 330. The van der Waals surface area contributed by atoms with Crippen LogP contribution in [0.3, 0.4) is 0 Å². The lowest BCUT2D eigenvalue weighted by atomic mass is 10.0. The van der Waals surface area contributed by atoms with Gasteiger partial charge in [0, 0.05) is 18.8 Å². The molecule has 2 N–H and O–H groups in total. The Morgan fingerprint density at radius 2 is 2.33 bits per heavy atom. The Labute approximate surface area is 91.7 Å². The first-order valence-electron chi connectivity index (χ1n) is 5.96. The van der Waals surface area contributed by atoms with Crippen LogP contribution in [0, 0.1) is 5.92 Å². The van der Waals surface area contributed by atoms with Gasteiger partial charge in [0.05, 0.1) is 5.69 Å². The number of nitrogens with zero attached hydrogens (tertiary/aromatic N) is 2. The number of hydrogen-bond acceptors (Lipinski definition) is 2. The molecule has 15 heavy (non-hydrogen) atoms. The van der Waals surface area contributed by atoms with Crippen LogP contribution in [0.2, 0.25) is 0 Å². The molecule has 1 heterocycles. The summed E-state index contributed by atoms with van der Waals surface area (Å²) in [6.07, 6.45) is 5.85. The average molecular weight is 207 g/mol. The van der Waals surface area contributed by atoms with Crippen molar-refractivity contribution in [3.05, 3.63) is 17.5 Å². The molecule has 0 spiro atoms. The Balaban J connectivity index is 2.00. The van der Waals surface area contributed by atoms with Crippen molar-refractivity contribution in [1.82, 2.24) is 9.78 Å². The summed E-state index contributed by atoms with van der Waals surface area (Å²) < 4.78 is 2.03. The van der Waals surface area contributed by atoms with Gasteiger partial charge in [-0.1, -0.05) is 6.92 Å². The van der Waals surface area contributed by atoms with E-state index >= 15 is 0 Å². The van der Waals surface area contributed by atoms with Crippen LogP contribution in [0.25, 0.3) is 0 Å². The minimum absolute atomic E-state index is 0.439. The second-order valence-electron chi connectivity index (χ2n) is 4.75. The highest BCUT2D eigenvalue weighted by molar-refractivity contribution is 5.11. The van der Waals surface area contributed by atoms with Crippen molar-refractivity contribution in [1.29, 1.82) is 0 Å². The normalized spacial score (nSPS) is 26.1. The van der Waals surface area contributed by atoms with Gasteiger partial charge >= 0.3 is 0 Å². The number of nitrogens with two attached hydrogens (primary N) is 1. The molecule has 0 radical (unpaired) electrons. The zero-order valence-electron chi connectivity index (χ0n) is 9.74. The molecule has 2 atom stereocenters. The van der Waals surface area contributed by atoms with Gasteiger partial charge in [0.15, 0.2) is 0 Å². The molecular weight excluding hydrogens is 186 g/mol. The van der Waals surface area contributed by atoms with E-state index in [1.165, 1.54) is 30.7 Å². The lowest BCUT2D eigenvalue weighted by molar-refractivity contribution is 0.512. The first-order valence-corrected chi connectivity index (χ1v) is 5.96. The molecule has 3 nitrogen and oxygen atoms in total. The van der Waals surface area contributed by atoms with E-state index in [2.05, 4.69) is 18.1 Å². The first kappa shape index (κ1) is 10.7. The zero-order chi connectivity index (χ0) is 10.8. The quantitative estimate of drug-likeness (QED) is 0.819. The standard InChI is InChI=1S/C12H21N3/c1-3-11-8-12(15(2)14-11)7-9-4-5-10(13)6-9/h8-10H,3-7,13H2,1-2H3. The fraction of sp³-hybridized carbons (Fsp3) is 0.750. The van der Waals surface area contributed by atoms with Crippen molar-refractivity contribution >= 4 is 0 Å². The van der Waals surface area contributed by atoms with E-state index in [4.69, 9.17) is 5.73 Å². The van der Waals surface area contributed by atoms with Crippen LogP contribution < -0.4 is 5.73 Å². The molecule has 1 fully saturated rings. The molecule has 0 aromatic carbocycles. The van der Waals surface area contributed by atoms with Gasteiger partial charge in [0.2, 0.25) is 0 Å². The summed E-state index contributed by atoms with van der Waals surface area (Å²) in [7, 11) is 2.05. The van der Waals surface area contributed by atoms with E-state index in [-0.39, 0.29) is 0 Å². The van der Waals surface area contributed by atoms with Crippen LogP contribution in [0.5, 0.6) is 0 Å². The van der Waals surface area contributed by atoms with Crippen LogP contribution in [0.4, 0.5) is 0 Å². The highest BCUT2D eigenvalue weighted by Gasteiger charge is 2.22. The fourth-order valence-electron chi connectivity index (χ4n) is 2.53. The predicted octanol–water partition coefficient (Wildman–Crippen LogP) is 1.65. The molecule has 0 bridgehead atoms. The van der Waals surface area contributed by atoms with Gasteiger partial charge in [0.1, 0.15) is 0 Å². The third-order valence-electron chi connectivity index (χ3n) is 3.47. The second-order valence-corrected chi connectivity index (χ2v) is 4.75. The van der Waals surface area contributed by atoms with Gasteiger partial charge in [0.25, 0.3) is 0 Å².